The number of halogens is 5. The lowest BCUT2D eigenvalue weighted by atomic mass is 9.91. The number of nitrogens with zero attached hydrogens (tertiary/aromatic N) is 3. The molecule has 4 rings (SSSR count). The van der Waals surface area contributed by atoms with E-state index in [-0.39, 0.29) is 29.8 Å². The summed E-state index contributed by atoms with van der Waals surface area (Å²) in [4.78, 5) is 14.8. The summed E-state index contributed by atoms with van der Waals surface area (Å²) in [7, 11) is 0. The molecule has 2 aromatic heterocycles. The van der Waals surface area contributed by atoms with Gasteiger partial charge in [-0.15, -0.1) is 11.3 Å². The molecule has 162 valence electrons. The summed E-state index contributed by atoms with van der Waals surface area (Å²) >= 11 is 7.42. The van der Waals surface area contributed by atoms with Crippen LogP contribution < -0.4 is 0 Å². The third-order valence-corrected chi connectivity index (χ3v) is 6.42. The fourth-order valence-corrected chi connectivity index (χ4v) is 5.17. The summed E-state index contributed by atoms with van der Waals surface area (Å²) in [6.07, 6.45) is -2.47. The number of carbonyl (C=O) groups is 1. The lowest BCUT2D eigenvalue weighted by Crippen LogP contribution is -2.29. The number of aryl methyl sites for hydroxylation is 1. The van der Waals surface area contributed by atoms with E-state index in [4.69, 9.17) is 11.6 Å². The van der Waals surface area contributed by atoms with E-state index in [2.05, 4.69) is 11.7 Å². The number of alkyl halides is 3. The van der Waals surface area contributed by atoms with Crippen molar-refractivity contribution in [1.29, 1.82) is 0 Å². The minimum atomic E-state index is -4.78. The molecule has 0 N–H and O–H groups in total. The Morgan fingerprint density at radius 2 is 2.13 bits per heavy atom. The van der Waals surface area contributed by atoms with Gasteiger partial charge in [0.1, 0.15) is 5.82 Å². The second-order valence-electron chi connectivity index (χ2n) is 6.95. The minimum absolute atomic E-state index is 0.182. The molecule has 0 radical (unpaired) electrons. The van der Waals surface area contributed by atoms with E-state index in [1.165, 1.54) is 34.6 Å². The summed E-state index contributed by atoms with van der Waals surface area (Å²) in [5.41, 5.74) is -0.901. The van der Waals surface area contributed by atoms with E-state index in [9.17, 15) is 18.0 Å². The van der Waals surface area contributed by atoms with Gasteiger partial charge in [-0.2, -0.15) is 18.3 Å². The first-order valence-corrected chi connectivity index (χ1v) is 10.5. The Morgan fingerprint density at radius 1 is 1.39 bits per heavy atom. The quantitative estimate of drug-likeness (QED) is 0.344. The maximum absolute atomic E-state index is 15.1. The summed E-state index contributed by atoms with van der Waals surface area (Å²) in [6, 6.07) is 4.89. The maximum atomic E-state index is 15.1. The molecule has 0 saturated heterocycles. The van der Waals surface area contributed by atoms with E-state index in [1.54, 1.807) is 13.0 Å². The first kappa shape index (κ1) is 21.6. The molecule has 0 bridgehead atoms. The standard InChI is InChI=1S/C21H16ClF4N3OS/c1-3-17(30)29-10-15-12(8-16(22)31-15)19(29)11-6-5-7-14(23)18(11)13-9-28(4-2)27-20(13)21(24,25)26/h3,5-9,19H,1,4,10H2,2H3/t19-/m0/s1. The molecule has 31 heavy (non-hydrogen) atoms. The van der Waals surface area contributed by atoms with Crippen LogP contribution in [0, 0.1) is 5.82 Å². The van der Waals surface area contributed by atoms with Gasteiger partial charge in [0.05, 0.1) is 16.9 Å². The van der Waals surface area contributed by atoms with Crippen molar-refractivity contribution in [1.82, 2.24) is 14.7 Å². The molecule has 0 fully saturated rings. The van der Waals surface area contributed by atoms with Crippen molar-refractivity contribution in [2.24, 2.45) is 0 Å². The SMILES string of the molecule is C=CC(=O)N1Cc2sc(Cl)cc2[C@@H]1c1cccc(F)c1-c1cn(CC)nc1C(F)(F)F. The zero-order chi connectivity index (χ0) is 22.5. The molecular formula is C21H16ClF4N3OS. The van der Waals surface area contributed by atoms with E-state index < -0.39 is 29.6 Å². The molecule has 1 aliphatic heterocycles. The van der Waals surface area contributed by atoms with Gasteiger partial charge < -0.3 is 4.90 Å². The van der Waals surface area contributed by atoms with Crippen molar-refractivity contribution >= 4 is 28.8 Å². The van der Waals surface area contributed by atoms with Gasteiger partial charge in [-0.1, -0.05) is 30.3 Å². The first-order chi connectivity index (χ1) is 14.7. The number of rotatable bonds is 4. The molecule has 3 aromatic rings. The highest BCUT2D eigenvalue weighted by atomic mass is 35.5. The number of thiophene rings is 1. The summed E-state index contributed by atoms with van der Waals surface area (Å²) in [5, 5.41) is 3.61. The molecule has 1 aromatic carbocycles. The molecule has 1 aliphatic rings. The Morgan fingerprint density at radius 3 is 2.77 bits per heavy atom. The molecular weight excluding hydrogens is 454 g/mol. The number of aromatic nitrogens is 2. The molecule has 1 amide bonds. The molecule has 0 saturated carbocycles. The fourth-order valence-electron chi connectivity index (χ4n) is 3.86. The average molecular weight is 470 g/mol. The molecule has 0 aliphatic carbocycles. The van der Waals surface area contributed by atoms with Gasteiger partial charge in [-0.3, -0.25) is 9.48 Å². The van der Waals surface area contributed by atoms with Crippen LogP contribution in [-0.2, 0) is 24.1 Å². The zero-order valence-corrected chi connectivity index (χ0v) is 17.8. The molecule has 1 atom stereocenters. The average Bonchev–Trinajstić information content (AvgIpc) is 3.38. The van der Waals surface area contributed by atoms with Crippen molar-refractivity contribution in [3.8, 4) is 11.1 Å². The third-order valence-electron chi connectivity index (χ3n) is 5.15. The molecule has 0 spiro atoms. The molecule has 3 heterocycles. The van der Waals surface area contributed by atoms with Crippen LogP contribution in [0.3, 0.4) is 0 Å². The second-order valence-corrected chi connectivity index (χ2v) is 8.72. The molecule has 4 nitrogen and oxygen atoms in total. The van der Waals surface area contributed by atoms with Gasteiger partial charge in [0.25, 0.3) is 0 Å². The molecule has 10 heteroatoms. The van der Waals surface area contributed by atoms with Gasteiger partial charge in [0.15, 0.2) is 5.69 Å². The van der Waals surface area contributed by atoms with E-state index in [0.717, 1.165) is 21.7 Å². The van der Waals surface area contributed by atoms with Crippen LogP contribution in [0.25, 0.3) is 11.1 Å². The van der Waals surface area contributed by atoms with Crippen LogP contribution in [0.1, 0.15) is 34.7 Å². The van der Waals surface area contributed by atoms with Gasteiger partial charge in [0, 0.05) is 28.7 Å². The summed E-state index contributed by atoms with van der Waals surface area (Å²) < 4.78 is 57.9. The predicted octanol–water partition coefficient (Wildman–Crippen LogP) is 6.06. The lowest BCUT2D eigenvalue weighted by molar-refractivity contribution is -0.141. The highest BCUT2D eigenvalue weighted by molar-refractivity contribution is 7.16. The van der Waals surface area contributed by atoms with Gasteiger partial charge in [-0.05, 0) is 36.3 Å². The number of amides is 1. The van der Waals surface area contributed by atoms with E-state index in [1.807, 2.05) is 0 Å². The van der Waals surface area contributed by atoms with E-state index >= 15 is 4.39 Å². The topological polar surface area (TPSA) is 38.1 Å². The first-order valence-electron chi connectivity index (χ1n) is 9.30. The van der Waals surface area contributed by atoms with Crippen LogP contribution in [0.15, 0.2) is 43.1 Å². The Bertz CT molecular complexity index is 1180. The van der Waals surface area contributed by atoms with Crippen molar-refractivity contribution in [2.75, 3.05) is 0 Å². The number of carbonyl (C=O) groups excluding carboxylic acids is 1. The lowest BCUT2D eigenvalue weighted by Gasteiger charge is -2.27. The van der Waals surface area contributed by atoms with Crippen LogP contribution in [0.2, 0.25) is 4.34 Å². The van der Waals surface area contributed by atoms with Crippen LogP contribution in [0.5, 0.6) is 0 Å². The van der Waals surface area contributed by atoms with Crippen molar-refractivity contribution in [2.45, 2.75) is 32.2 Å². The number of benzene rings is 1. The maximum Gasteiger partial charge on any atom is 0.435 e. The number of hydrogen-bond acceptors (Lipinski definition) is 3. The predicted molar refractivity (Wildman–Crippen MR) is 110 cm³/mol. The zero-order valence-electron chi connectivity index (χ0n) is 16.2. The van der Waals surface area contributed by atoms with Crippen LogP contribution >= 0.6 is 22.9 Å². The Labute approximate surface area is 184 Å². The van der Waals surface area contributed by atoms with Crippen molar-refractivity contribution in [3.63, 3.8) is 0 Å². The Kier molecular flexibility index (Phi) is 5.43. The van der Waals surface area contributed by atoms with Gasteiger partial charge >= 0.3 is 6.18 Å². The molecule has 0 unspecified atom stereocenters. The summed E-state index contributed by atoms with van der Waals surface area (Å²) in [6.45, 7) is 5.54. The van der Waals surface area contributed by atoms with E-state index in [0.29, 0.717) is 9.90 Å². The monoisotopic (exact) mass is 469 g/mol. The van der Waals surface area contributed by atoms with Crippen molar-refractivity contribution < 1.29 is 22.4 Å². The highest BCUT2D eigenvalue weighted by Crippen LogP contribution is 2.48. The van der Waals surface area contributed by atoms with Crippen LogP contribution in [0.4, 0.5) is 17.6 Å². The largest absolute Gasteiger partial charge is 0.435 e. The number of fused-ring (bicyclic) bond motifs is 1. The minimum Gasteiger partial charge on any atom is -0.323 e. The Balaban J connectivity index is 1.99. The van der Waals surface area contributed by atoms with Crippen LogP contribution in [-0.4, -0.2) is 20.6 Å². The smallest absolute Gasteiger partial charge is 0.323 e. The third kappa shape index (κ3) is 3.65. The summed E-state index contributed by atoms with van der Waals surface area (Å²) in [5.74, 6) is -1.25. The van der Waals surface area contributed by atoms with Gasteiger partial charge in [0.2, 0.25) is 5.91 Å². The Hall–Kier alpha value is -2.65. The second kappa shape index (κ2) is 7.80. The normalized spacial score (nSPS) is 15.9. The highest BCUT2D eigenvalue weighted by Gasteiger charge is 2.41. The number of hydrogen-bond donors (Lipinski definition) is 0. The van der Waals surface area contributed by atoms with Gasteiger partial charge in [-0.25, -0.2) is 4.39 Å². The fraction of sp³-hybridized carbons (Fsp3) is 0.238. The van der Waals surface area contributed by atoms with Crippen molar-refractivity contribution in [3.05, 3.63) is 75.0 Å².